The van der Waals surface area contributed by atoms with Crippen LogP contribution in [-0.2, 0) is 9.59 Å². The van der Waals surface area contributed by atoms with E-state index < -0.39 is 23.2 Å². The van der Waals surface area contributed by atoms with E-state index in [1.165, 1.54) is 0 Å². The van der Waals surface area contributed by atoms with Crippen LogP contribution in [0.15, 0.2) is 12.7 Å². The lowest BCUT2D eigenvalue weighted by molar-refractivity contribution is -0.151. The molecular formula is C12H21NO3. The molecule has 0 fully saturated rings. The maximum atomic E-state index is 11.8. The van der Waals surface area contributed by atoms with Gasteiger partial charge < -0.3 is 10.4 Å². The first-order valence-corrected chi connectivity index (χ1v) is 5.34. The summed E-state index contributed by atoms with van der Waals surface area (Å²) in [7, 11) is 0. The average molecular weight is 227 g/mol. The standard InChI is InChI=1S/C12H21NO3/c1-6-7-8(2)13-10(14)9(11(15)16)12(3,4)5/h6,8-9H,1,7H2,2-5H3,(H,13,14)(H,15,16). The van der Waals surface area contributed by atoms with E-state index in [4.69, 9.17) is 5.11 Å². The number of carbonyl (C=O) groups excluding carboxylic acids is 1. The summed E-state index contributed by atoms with van der Waals surface area (Å²) in [6.45, 7) is 10.6. The second-order valence-corrected chi connectivity index (χ2v) is 5.07. The summed E-state index contributed by atoms with van der Waals surface area (Å²) in [5.74, 6) is -2.55. The number of carboxylic acid groups (broad SMARTS) is 1. The minimum Gasteiger partial charge on any atom is -0.481 e. The van der Waals surface area contributed by atoms with Crippen molar-refractivity contribution in [3.8, 4) is 0 Å². The fourth-order valence-corrected chi connectivity index (χ4v) is 1.51. The molecule has 16 heavy (non-hydrogen) atoms. The molecule has 0 aromatic rings. The van der Waals surface area contributed by atoms with Gasteiger partial charge in [-0.15, -0.1) is 6.58 Å². The number of nitrogens with one attached hydrogen (secondary N) is 1. The van der Waals surface area contributed by atoms with Gasteiger partial charge in [-0.3, -0.25) is 9.59 Å². The van der Waals surface area contributed by atoms with E-state index in [9.17, 15) is 9.59 Å². The number of hydrogen-bond donors (Lipinski definition) is 2. The topological polar surface area (TPSA) is 66.4 Å². The molecule has 0 aliphatic rings. The average Bonchev–Trinajstić information content (AvgIpc) is 1.99. The number of carbonyl (C=O) groups is 2. The lowest BCUT2D eigenvalue weighted by atomic mass is 9.80. The predicted octanol–water partition coefficient (Wildman–Crippen LogP) is 1.81. The van der Waals surface area contributed by atoms with E-state index in [1.54, 1.807) is 26.8 Å². The van der Waals surface area contributed by atoms with E-state index in [0.717, 1.165) is 0 Å². The van der Waals surface area contributed by atoms with Gasteiger partial charge in [0, 0.05) is 6.04 Å². The molecule has 4 heteroatoms. The third kappa shape index (κ3) is 4.47. The fraction of sp³-hybridized carbons (Fsp3) is 0.667. The number of aliphatic carboxylic acids is 1. The molecule has 0 saturated heterocycles. The molecule has 0 bridgehead atoms. The van der Waals surface area contributed by atoms with Crippen LogP contribution in [-0.4, -0.2) is 23.0 Å². The Bertz CT molecular complexity index is 278. The van der Waals surface area contributed by atoms with Gasteiger partial charge in [-0.05, 0) is 18.8 Å². The van der Waals surface area contributed by atoms with Crippen molar-refractivity contribution >= 4 is 11.9 Å². The Morgan fingerprint density at radius 3 is 2.25 bits per heavy atom. The van der Waals surface area contributed by atoms with Crippen LogP contribution in [0.2, 0.25) is 0 Å². The molecule has 0 spiro atoms. The van der Waals surface area contributed by atoms with Gasteiger partial charge >= 0.3 is 5.97 Å². The van der Waals surface area contributed by atoms with Gasteiger partial charge in [-0.25, -0.2) is 0 Å². The van der Waals surface area contributed by atoms with Gasteiger partial charge in [0.2, 0.25) is 5.91 Å². The third-order valence-electron chi connectivity index (χ3n) is 2.28. The highest BCUT2D eigenvalue weighted by Crippen LogP contribution is 2.26. The molecule has 0 aliphatic carbocycles. The minimum atomic E-state index is -1.09. The Morgan fingerprint density at radius 2 is 1.94 bits per heavy atom. The van der Waals surface area contributed by atoms with Gasteiger partial charge in [0.25, 0.3) is 0 Å². The van der Waals surface area contributed by atoms with Crippen molar-refractivity contribution in [2.45, 2.75) is 40.2 Å². The summed E-state index contributed by atoms with van der Waals surface area (Å²) in [6, 6.07) is -0.0887. The first kappa shape index (κ1) is 14.7. The van der Waals surface area contributed by atoms with Crippen molar-refractivity contribution in [2.75, 3.05) is 0 Å². The van der Waals surface area contributed by atoms with Crippen LogP contribution in [0, 0.1) is 11.3 Å². The van der Waals surface area contributed by atoms with Gasteiger partial charge in [0.05, 0.1) is 0 Å². The maximum Gasteiger partial charge on any atom is 0.316 e. The Hall–Kier alpha value is -1.32. The lowest BCUT2D eigenvalue weighted by Crippen LogP contribution is -2.45. The van der Waals surface area contributed by atoms with Crippen LogP contribution in [0.3, 0.4) is 0 Å². The SMILES string of the molecule is C=CCC(C)NC(=O)C(C(=O)O)C(C)(C)C. The zero-order valence-corrected chi connectivity index (χ0v) is 10.4. The van der Waals surface area contributed by atoms with Crippen LogP contribution < -0.4 is 5.32 Å². The monoisotopic (exact) mass is 227 g/mol. The third-order valence-corrected chi connectivity index (χ3v) is 2.28. The highest BCUT2D eigenvalue weighted by atomic mass is 16.4. The highest BCUT2D eigenvalue weighted by Gasteiger charge is 2.37. The first-order valence-electron chi connectivity index (χ1n) is 5.34. The quantitative estimate of drug-likeness (QED) is 0.556. The summed E-state index contributed by atoms with van der Waals surface area (Å²) in [5, 5.41) is 11.7. The van der Waals surface area contributed by atoms with E-state index in [-0.39, 0.29) is 6.04 Å². The number of amides is 1. The summed E-state index contributed by atoms with van der Waals surface area (Å²) in [5.41, 5.74) is -0.593. The van der Waals surface area contributed by atoms with Crippen molar-refractivity contribution in [1.82, 2.24) is 5.32 Å². The highest BCUT2D eigenvalue weighted by molar-refractivity contribution is 5.97. The first-order chi connectivity index (χ1) is 7.20. The molecule has 0 aromatic heterocycles. The van der Waals surface area contributed by atoms with Crippen LogP contribution >= 0.6 is 0 Å². The molecule has 2 N–H and O–H groups in total. The van der Waals surface area contributed by atoms with Gasteiger partial charge in [0.15, 0.2) is 0 Å². The molecule has 0 aliphatic heterocycles. The van der Waals surface area contributed by atoms with E-state index in [2.05, 4.69) is 11.9 Å². The summed E-state index contributed by atoms with van der Waals surface area (Å²) < 4.78 is 0. The van der Waals surface area contributed by atoms with Crippen molar-refractivity contribution in [1.29, 1.82) is 0 Å². The molecular weight excluding hydrogens is 206 g/mol. The maximum absolute atomic E-state index is 11.8. The van der Waals surface area contributed by atoms with Gasteiger partial charge in [-0.2, -0.15) is 0 Å². The van der Waals surface area contributed by atoms with Crippen molar-refractivity contribution in [2.24, 2.45) is 11.3 Å². The summed E-state index contributed by atoms with van der Waals surface area (Å²) >= 11 is 0. The molecule has 2 unspecified atom stereocenters. The summed E-state index contributed by atoms with van der Waals surface area (Å²) in [6.07, 6.45) is 2.32. The number of carboxylic acids is 1. The number of hydrogen-bond acceptors (Lipinski definition) is 2. The molecule has 0 rings (SSSR count). The van der Waals surface area contributed by atoms with Gasteiger partial charge in [-0.1, -0.05) is 26.8 Å². The largest absolute Gasteiger partial charge is 0.481 e. The van der Waals surface area contributed by atoms with Crippen molar-refractivity contribution in [3.05, 3.63) is 12.7 Å². The van der Waals surface area contributed by atoms with E-state index in [1.807, 2.05) is 6.92 Å². The molecule has 1 amide bonds. The zero-order chi connectivity index (χ0) is 12.9. The van der Waals surface area contributed by atoms with Crippen LogP contribution in [0.25, 0.3) is 0 Å². The predicted molar refractivity (Wildman–Crippen MR) is 63.0 cm³/mol. The Labute approximate surface area is 96.7 Å². The van der Waals surface area contributed by atoms with E-state index in [0.29, 0.717) is 6.42 Å². The second kappa shape index (κ2) is 5.68. The van der Waals surface area contributed by atoms with E-state index >= 15 is 0 Å². The smallest absolute Gasteiger partial charge is 0.316 e. The fourth-order valence-electron chi connectivity index (χ4n) is 1.51. The molecule has 0 saturated carbocycles. The molecule has 0 aromatic carbocycles. The minimum absolute atomic E-state index is 0.0887. The Balaban J connectivity index is 4.65. The number of rotatable bonds is 5. The van der Waals surface area contributed by atoms with Crippen LogP contribution in [0.4, 0.5) is 0 Å². The second-order valence-electron chi connectivity index (χ2n) is 5.07. The van der Waals surface area contributed by atoms with Crippen LogP contribution in [0.5, 0.6) is 0 Å². The zero-order valence-electron chi connectivity index (χ0n) is 10.4. The molecule has 0 radical (unpaired) electrons. The molecule has 4 nitrogen and oxygen atoms in total. The lowest BCUT2D eigenvalue weighted by Gasteiger charge is -2.27. The van der Waals surface area contributed by atoms with Crippen molar-refractivity contribution in [3.63, 3.8) is 0 Å². The normalized spacial score (nSPS) is 15.0. The summed E-state index contributed by atoms with van der Waals surface area (Å²) in [4.78, 5) is 22.8. The Morgan fingerprint density at radius 1 is 1.44 bits per heavy atom. The van der Waals surface area contributed by atoms with Crippen LogP contribution in [0.1, 0.15) is 34.1 Å². The molecule has 92 valence electrons. The van der Waals surface area contributed by atoms with Crippen molar-refractivity contribution < 1.29 is 14.7 Å². The molecule has 2 atom stereocenters. The Kier molecular flexibility index (Phi) is 5.21. The molecule has 0 heterocycles. The van der Waals surface area contributed by atoms with Gasteiger partial charge in [0.1, 0.15) is 5.92 Å².